The Balaban J connectivity index is 1.91. The van der Waals surface area contributed by atoms with Gasteiger partial charge in [-0.3, -0.25) is 4.79 Å². The fraction of sp³-hybridized carbons (Fsp3) is 0.368. The lowest BCUT2D eigenvalue weighted by Crippen LogP contribution is -2.32. The van der Waals surface area contributed by atoms with Crippen molar-refractivity contribution in [1.82, 2.24) is 4.57 Å². The fourth-order valence-electron chi connectivity index (χ4n) is 3.71. The number of aryl methyl sites for hydroxylation is 1. The van der Waals surface area contributed by atoms with E-state index in [1.807, 2.05) is 0 Å². The summed E-state index contributed by atoms with van der Waals surface area (Å²) < 4.78 is 14.6. The molecule has 0 radical (unpaired) electrons. The first-order chi connectivity index (χ1) is 11.5. The van der Waals surface area contributed by atoms with Crippen LogP contribution in [0.1, 0.15) is 46.8 Å². The van der Waals surface area contributed by atoms with Crippen LogP contribution in [0.2, 0.25) is 0 Å². The van der Waals surface area contributed by atoms with Crippen LogP contribution in [0.4, 0.5) is 4.39 Å². The lowest BCUT2D eigenvalue weighted by molar-refractivity contribution is 0.0693. The van der Waals surface area contributed by atoms with Crippen LogP contribution >= 0.6 is 0 Å². The van der Waals surface area contributed by atoms with Crippen LogP contribution in [0.15, 0.2) is 41.3 Å². The fourth-order valence-corrected chi connectivity index (χ4v) is 3.71. The predicted octanol–water partition coefficient (Wildman–Crippen LogP) is 3.58. The molecule has 1 heterocycles. The quantitative estimate of drug-likeness (QED) is 0.933. The molecular formula is C19H20FNO3. The Labute approximate surface area is 139 Å². The highest BCUT2D eigenvalue weighted by Gasteiger charge is 2.30. The smallest absolute Gasteiger partial charge is 0.341 e. The van der Waals surface area contributed by atoms with Gasteiger partial charge in [-0.1, -0.05) is 18.6 Å². The van der Waals surface area contributed by atoms with Gasteiger partial charge in [-0.05, 0) is 61.4 Å². The van der Waals surface area contributed by atoms with E-state index in [2.05, 4.69) is 0 Å². The minimum absolute atomic E-state index is 0.0127. The molecule has 0 saturated heterocycles. The second-order valence-corrected chi connectivity index (χ2v) is 6.48. The van der Waals surface area contributed by atoms with Crippen molar-refractivity contribution in [1.29, 1.82) is 0 Å². The molecule has 1 aromatic carbocycles. The third kappa shape index (κ3) is 3.11. The van der Waals surface area contributed by atoms with E-state index in [1.54, 1.807) is 35.9 Å². The highest BCUT2D eigenvalue weighted by atomic mass is 19.1. The molecule has 1 saturated carbocycles. The van der Waals surface area contributed by atoms with E-state index < -0.39 is 11.5 Å². The van der Waals surface area contributed by atoms with Gasteiger partial charge in [0.05, 0.1) is 0 Å². The average Bonchev–Trinajstić information content (AvgIpc) is 2.97. The molecule has 2 aromatic rings. The normalized spacial score (nSPS) is 20.2. The summed E-state index contributed by atoms with van der Waals surface area (Å²) in [4.78, 5) is 24.0. The average molecular weight is 329 g/mol. The molecule has 126 valence electrons. The van der Waals surface area contributed by atoms with Gasteiger partial charge in [0.15, 0.2) is 0 Å². The Kier molecular flexibility index (Phi) is 4.51. The molecule has 0 spiro atoms. The van der Waals surface area contributed by atoms with E-state index >= 15 is 0 Å². The molecule has 0 bridgehead atoms. The van der Waals surface area contributed by atoms with Crippen LogP contribution < -0.4 is 5.56 Å². The molecule has 5 heteroatoms. The van der Waals surface area contributed by atoms with Gasteiger partial charge in [-0.2, -0.15) is 0 Å². The highest BCUT2D eigenvalue weighted by molar-refractivity contribution is 5.88. The molecule has 24 heavy (non-hydrogen) atoms. The summed E-state index contributed by atoms with van der Waals surface area (Å²) >= 11 is 0. The molecule has 3 rings (SSSR count). The third-order valence-electron chi connectivity index (χ3n) is 4.93. The Bertz CT molecular complexity index is 810. The zero-order chi connectivity index (χ0) is 17.3. The molecular weight excluding hydrogens is 309 g/mol. The summed E-state index contributed by atoms with van der Waals surface area (Å²) in [6.07, 6.45) is 5.29. The maximum Gasteiger partial charge on any atom is 0.341 e. The van der Waals surface area contributed by atoms with Crippen LogP contribution in [-0.4, -0.2) is 15.6 Å². The molecule has 1 aromatic heterocycles. The van der Waals surface area contributed by atoms with Crippen LogP contribution in [-0.2, 0) is 6.42 Å². The number of carbonyl (C=O) groups is 1. The molecule has 0 aliphatic heterocycles. The highest BCUT2D eigenvalue weighted by Crippen LogP contribution is 2.37. The Morgan fingerprint density at radius 1 is 1.25 bits per heavy atom. The first-order valence-corrected chi connectivity index (χ1v) is 8.17. The number of aromatic nitrogens is 1. The first kappa shape index (κ1) is 16.4. The molecule has 1 aliphatic carbocycles. The number of pyridine rings is 1. The Morgan fingerprint density at radius 2 is 1.96 bits per heavy atom. The Hall–Kier alpha value is -2.43. The van der Waals surface area contributed by atoms with Crippen molar-refractivity contribution in [3.05, 3.63) is 69.4 Å². The standard InChI is InChI=1S/C19H20FNO3/c1-12-9-10-21(18(22)17(12)19(23)24)16-4-2-3-14(16)11-13-5-7-15(20)8-6-13/h5-10,14,16H,2-4,11H2,1H3,(H,23,24)/t14-,16-/m0/s1. The number of carboxylic acid groups (broad SMARTS) is 1. The summed E-state index contributed by atoms with van der Waals surface area (Å²) in [6, 6.07) is 8.11. The number of carboxylic acids is 1. The molecule has 1 N–H and O–H groups in total. The third-order valence-corrected chi connectivity index (χ3v) is 4.93. The minimum Gasteiger partial charge on any atom is -0.477 e. The lowest BCUT2D eigenvalue weighted by Gasteiger charge is -2.23. The van der Waals surface area contributed by atoms with E-state index in [-0.39, 0.29) is 23.3 Å². The van der Waals surface area contributed by atoms with Gasteiger partial charge >= 0.3 is 5.97 Å². The van der Waals surface area contributed by atoms with E-state index in [9.17, 15) is 19.1 Å². The van der Waals surface area contributed by atoms with E-state index in [4.69, 9.17) is 0 Å². The monoisotopic (exact) mass is 329 g/mol. The predicted molar refractivity (Wildman–Crippen MR) is 88.9 cm³/mol. The van der Waals surface area contributed by atoms with Crippen LogP contribution in [0, 0.1) is 18.7 Å². The van der Waals surface area contributed by atoms with Crippen molar-refractivity contribution in [3.63, 3.8) is 0 Å². The van der Waals surface area contributed by atoms with Crippen molar-refractivity contribution in [2.45, 2.75) is 38.6 Å². The largest absolute Gasteiger partial charge is 0.477 e. The summed E-state index contributed by atoms with van der Waals surface area (Å²) in [5.41, 5.74) is 0.937. The van der Waals surface area contributed by atoms with Crippen molar-refractivity contribution >= 4 is 5.97 Å². The molecule has 1 aliphatic rings. The zero-order valence-corrected chi connectivity index (χ0v) is 13.5. The van der Waals surface area contributed by atoms with Crippen molar-refractivity contribution in [2.75, 3.05) is 0 Å². The number of aromatic carboxylic acids is 1. The van der Waals surface area contributed by atoms with Gasteiger partial charge in [-0.25, -0.2) is 9.18 Å². The molecule has 1 fully saturated rings. The molecule has 2 atom stereocenters. The topological polar surface area (TPSA) is 59.3 Å². The number of benzene rings is 1. The minimum atomic E-state index is -1.18. The molecule has 0 unspecified atom stereocenters. The summed E-state index contributed by atoms with van der Waals surface area (Å²) in [7, 11) is 0. The summed E-state index contributed by atoms with van der Waals surface area (Å²) in [5.74, 6) is -1.19. The number of hydrogen-bond donors (Lipinski definition) is 1. The SMILES string of the molecule is Cc1ccn([C@H]2CCC[C@H]2Cc2ccc(F)cc2)c(=O)c1C(=O)O. The summed E-state index contributed by atoms with van der Waals surface area (Å²) in [5, 5.41) is 9.29. The number of nitrogens with zero attached hydrogens (tertiary/aromatic N) is 1. The summed E-state index contributed by atoms with van der Waals surface area (Å²) in [6.45, 7) is 1.64. The lowest BCUT2D eigenvalue weighted by atomic mass is 9.94. The first-order valence-electron chi connectivity index (χ1n) is 8.17. The Morgan fingerprint density at radius 3 is 2.62 bits per heavy atom. The maximum atomic E-state index is 13.1. The van der Waals surface area contributed by atoms with Crippen LogP contribution in [0.5, 0.6) is 0 Å². The maximum absolute atomic E-state index is 13.1. The number of halogens is 1. The van der Waals surface area contributed by atoms with Crippen molar-refractivity contribution < 1.29 is 14.3 Å². The second kappa shape index (κ2) is 6.59. The van der Waals surface area contributed by atoms with Crippen LogP contribution in [0.3, 0.4) is 0 Å². The van der Waals surface area contributed by atoms with Gasteiger partial charge in [-0.15, -0.1) is 0 Å². The van der Waals surface area contributed by atoms with E-state index in [0.29, 0.717) is 5.56 Å². The number of rotatable bonds is 4. The van der Waals surface area contributed by atoms with Crippen molar-refractivity contribution in [3.8, 4) is 0 Å². The van der Waals surface area contributed by atoms with Gasteiger partial charge < -0.3 is 9.67 Å². The second-order valence-electron chi connectivity index (χ2n) is 6.48. The van der Waals surface area contributed by atoms with E-state index in [1.165, 1.54) is 12.1 Å². The zero-order valence-electron chi connectivity index (χ0n) is 13.5. The van der Waals surface area contributed by atoms with Gasteiger partial charge in [0.2, 0.25) is 0 Å². The number of hydrogen-bond acceptors (Lipinski definition) is 2. The molecule has 4 nitrogen and oxygen atoms in total. The van der Waals surface area contributed by atoms with Crippen LogP contribution in [0.25, 0.3) is 0 Å². The van der Waals surface area contributed by atoms with Gasteiger partial charge in [0.1, 0.15) is 11.4 Å². The van der Waals surface area contributed by atoms with E-state index in [0.717, 1.165) is 31.2 Å². The van der Waals surface area contributed by atoms with Crippen molar-refractivity contribution in [2.24, 2.45) is 5.92 Å². The molecule has 0 amide bonds. The van der Waals surface area contributed by atoms with Gasteiger partial charge in [0.25, 0.3) is 5.56 Å². The van der Waals surface area contributed by atoms with Gasteiger partial charge in [0, 0.05) is 12.2 Å².